The van der Waals surface area contributed by atoms with Crippen LogP contribution in [0.2, 0.25) is 0 Å². The number of rotatable bonds is 3. The third-order valence-corrected chi connectivity index (χ3v) is 6.50. The number of alkyl halides is 3. The Morgan fingerprint density at radius 2 is 1.84 bits per heavy atom. The molecule has 0 aromatic heterocycles. The zero-order valence-electron chi connectivity index (χ0n) is 13.8. The van der Waals surface area contributed by atoms with Gasteiger partial charge in [-0.2, -0.15) is 17.5 Å². The number of sulfonamides is 1. The normalized spacial score (nSPS) is 23.9. The Labute approximate surface area is 144 Å². The van der Waals surface area contributed by atoms with Crippen molar-refractivity contribution in [2.45, 2.75) is 49.6 Å². The average molecular weight is 379 g/mol. The molecule has 0 amide bonds. The minimum absolute atomic E-state index is 0.0101. The van der Waals surface area contributed by atoms with Gasteiger partial charge in [-0.05, 0) is 37.5 Å². The van der Waals surface area contributed by atoms with Crippen LogP contribution in [0.15, 0.2) is 23.1 Å². The lowest BCUT2D eigenvalue weighted by molar-refractivity contribution is -0.138. The van der Waals surface area contributed by atoms with E-state index in [1.54, 1.807) is 0 Å². The fourth-order valence-corrected chi connectivity index (χ4v) is 5.01. The SMILES string of the molecule is Cc1ccc(S(=O)(=O)N2CCCCC2C2OCCO2)cc1C(F)(F)F. The molecule has 2 saturated heterocycles. The molecule has 25 heavy (non-hydrogen) atoms. The van der Waals surface area contributed by atoms with E-state index in [9.17, 15) is 21.6 Å². The Hall–Kier alpha value is -1.16. The zero-order valence-corrected chi connectivity index (χ0v) is 14.6. The van der Waals surface area contributed by atoms with E-state index in [1.165, 1.54) is 23.4 Å². The molecule has 0 N–H and O–H groups in total. The molecule has 1 aromatic rings. The number of hydrogen-bond acceptors (Lipinski definition) is 4. The number of benzene rings is 1. The van der Waals surface area contributed by atoms with Gasteiger partial charge in [-0.1, -0.05) is 12.5 Å². The van der Waals surface area contributed by atoms with Crippen LogP contribution in [0, 0.1) is 6.92 Å². The van der Waals surface area contributed by atoms with Crippen LogP contribution in [0.4, 0.5) is 13.2 Å². The smallest absolute Gasteiger partial charge is 0.349 e. The molecule has 0 saturated carbocycles. The first-order chi connectivity index (χ1) is 11.7. The van der Waals surface area contributed by atoms with Gasteiger partial charge in [-0.25, -0.2) is 8.42 Å². The van der Waals surface area contributed by atoms with E-state index in [0.717, 1.165) is 6.42 Å². The summed E-state index contributed by atoms with van der Waals surface area (Å²) < 4.78 is 77.5. The number of piperidine rings is 1. The van der Waals surface area contributed by atoms with Crippen molar-refractivity contribution < 1.29 is 31.1 Å². The second kappa shape index (κ2) is 6.86. The fraction of sp³-hybridized carbons (Fsp3) is 0.625. The quantitative estimate of drug-likeness (QED) is 0.810. The predicted octanol–water partition coefficient (Wildman–Crippen LogP) is 2.93. The van der Waals surface area contributed by atoms with Crippen LogP contribution in [0.25, 0.3) is 0 Å². The Balaban J connectivity index is 1.97. The molecule has 5 nitrogen and oxygen atoms in total. The number of aryl methyl sites for hydroxylation is 1. The summed E-state index contributed by atoms with van der Waals surface area (Å²) in [5, 5.41) is 0. The fourth-order valence-electron chi connectivity index (χ4n) is 3.30. The molecular weight excluding hydrogens is 359 g/mol. The molecule has 140 valence electrons. The van der Waals surface area contributed by atoms with Gasteiger partial charge >= 0.3 is 6.18 Å². The summed E-state index contributed by atoms with van der Waals surface area (Å²) in [4.78, 5) is -0.352. The van der Waals surface area contributed by atoms with Crippen LogP contribution in [-0.4, -0.2) is 44.8 Å². The molecule has 3 rings (SSSR count). The second-order valence-corrected chi connectivity index (χ2v) is 8.15. The molecule has 0 bridgehead atoms. The second-order valence-electron chi connectivity index (χ2n) is 6.26. The number of hydrogen-bond donors (Lipinski definition) is 0. The van der Waals surface area contributed by atoms with Gasteiger partial charge in [-0.3, -0.25) is 0 Å². The maximum Gasteiger partial charge on any atom is 0.416 e. The minimum Gasteiger partial charge on any atom is -0.349 e. The molecule has 9 heteroatoms. The topological polar surface area (TPSA) is 55.8 Å². The van der Waals surface area contributed by atoms with E-state index >= 15 is 0 Å². The third-order valence-electron chi connectivity index (χ3n) is 4.58. The number of ether oxygens (including phenoxy) is 2. The van der Waals surface area contributed by atoms with Crippen molar-refractivity contribution in [3.63, 3.8) is 0 Å². The van der Waals surface area contributed by atoms with Gasteiger partial charge in [0.05, 0.1) is 29.7 Å². The van der Waals surface area contributed by atoms with Gasteiger partial charge in [-0.15, -0.1) is 0 Å². The van der Waals surface area contributed by atoms with Crippen LogP contribution >= 0.6 is 0 Å². The van der Waals surface area contributed by atoms with Gasteiger partial charge in [0, 0.05) is 6.54 Å². The molecule has 2 aliphatic rings. The third kappa shape index (κ3) is 3.69. The molecule has 2 aliphatic heterocycles. The highest BCUT2D eigenvalue weighted by atomic mass is 32.2. The highest BCUT2D eigenvalue weighted by Crippen LogP contribution is 2.35. The van der Waals surface area contributed by atoms with Crippen LogP contribution in [-0.2, 0) is 25.7 Å². The summed E-state index contributed by atoms with van der Waals surface area (Å²) >= 11 is 0. The summed E-state index contributed by atoms with van der Waals surface area (Å²) in [6.07, 6.45) is -3.24. The zero-order chi connectivity index (χ0) is 18.2. The Kier molecular flexibility index (Phi) is 5.11. The van der Waals surface area contributed by atoms with Crippen LogP contribution < -0.4 is 0 Å². The summed E-state index contributed by atoms with van der Waals surface area (Å²) in [5.41, 5.74) is -0.945. The molecule has 0 radical (unpaired) electrons. The molecule has 2 heterocycles. The van der Waals surface area contributed by atoms with E-state index in [-0.39, 0.29) is 17.0 Å². The Bertz CT molecular complexity index is 729. The molecule has 0 spiro atoms. The first-order valence-corrected chi connectivity index (χ1v) is 9.58. The van der Waals surface area contributed by atoms with Gasteiger partial charge in [0.25, 0.3) is 0 Å². The summed E-state index contributed by atoms with van der Waals surface area (Å²) in [7, 11) is -4.07. The monoisotopic (exact) mass is 379 g/mol. The van der Waals surface area contributed by atoms with Gasteiger partial charge in [0.1, 0.15) is 0 Å². The van der Waals surface area contributed by atoms with E-state index in [0.29, 0.717) is 32.1 Å². The van der Waals surface area contributed by atoms with Crippen LogP contribution in [0.3, 0.4) is 0 Å². The predicted molar refractivity (Wildman–Crippen MR) is 83.4 cm³/mol. The molecular formula is C16H20F3NO4S. The van der Waals surface area contributed by atoms with Gasteiger partial charge in [0.2, 0.25) is 10.0 Å². The summed E-state index contributed by atoms with van der Waals surface area (Å²) in [6, 6.07) is 2.61. The number of nitrogens with zero attached hydrogens (tertiary/aromatic N) is 1. The van der Waals surface area contributed by atoms with Crippen molar-refractivity contribution in [3.05, 3.63) is 29.3 Å². The maximum absolute atomic E-state index is 13.1. The number of halogens is 3. The molecule has 1 unspecified atom stereocenters. The summed E-state index contributed by atoms with van der Waals surface area (Å²) in [5.74, 6) is 0. The first kappa shape index (κ1) is 18.6. The standard InChI is InChI=1S/C16H20F3NO4S/c1-11-5-6-12(10-13(11)16(17,18)19)25(21,22)20-7-3-2-4-14(20)15-23-8-9-24-15/h5-6,10,14-15H,2-4,7-9H2,1H3. The van der Waals surface area contributed by atoms with E-state index in [2.05, 4.69) is 0 Å². The molecule has 1 aromatic carbocycles. The minimum atomic E-state index is -4.60. The average Bonchev–Trinajstić information content (AvgIpc) is 3.08. The van der Waals surface area contributed by atoms with E-state index in [4.69, 9.17) is 9.47 Å². The first-order valence-electron chi connectivity index (χ1n) is 8.14. The molecule has 0 aliphatic carbocycles. The van der Waals surface area contributed by atoms with Crippen molar-refractivity contribution in [1.29, 1.82) is 0 Å². The van der Waals surface area contributed by atoms with Crippen molar-refractivity contribution >= 4 is 10.0 Å². The lowest BCUT2D eigenvalue weighted by Crippen LogP contribution is -2.50. The van der Waals surface area contributed by atoms with Crippen molar-refractivity contribution in [1.82, 2.24) is 4.31 Å². The maximum atomic E-state index is 13.1. The van der Waals surface area contributed by atoms with Crippen molar-refractivity contribution in [2.24, 2.45) is 0 Å². The van der Waals surface area contributed by atoms with E-state index in [1.807, 2.05) is 0 Å². The largest absolute Gasteiger partial charge is 0.416 e. The van der Waals surface area contributed by atoms with Crippen LogP contribution in [0.1, 0.15) is 30.4 Å². The lowest BCUT2D eigenvalue weighted by Gasteiger charge is -2.37. The van der Waals surface area contributed by atoms with Crippen molar-refractivity contribution in [3.8, 4) is 0 Å². The Morgan fingerprint density at radius 1 is 1.16 bits per heavy atom. The Morgan fingerprint density at radius 3 is 2.48 bits per heavy atom. The van der Waals surface area contributed by atoms with E-state index < -0.39 is 34.1 Å². The lowest BCUT2D eigenvalue weighted by atomic mass is 10.0. The summed E-state index contributed by atoms with van der Waals surface area (Å²) in [6.45, 7) is 2.32. The molecule has 1 atom stereocenters. The van der Waals surface area contributed by atoms with Gasteiger partial charge < -0.3 is 9.47 Å². The molecule has 2 fully saturated rings. The highest BCUT2D eigenvalue weighted by molar-refractivity contribution is 7.89. The van der Waals surface area contributed by atoms with Crippen molar-refractivity contribution in [2.75, 3.05) is 19.8 Å². The van der Waals surface area contributed by atoms with Gasteiger partial charge in [0.15, 0.2) is 6.29 Å². The van der Waals surface area contributed by atoms with Crippen LogP contribution in [0.5, 0.6) is 0 Å². The highest BCUT2D eigenvalue weighted by Gasteiger charge is 2.41.